The molecule has 0 aromatic heterocycles. The molecule has 1 aliphatic heterocycles. The van der Waals surface area contributed by atoms with Gasteiger partial charge in [0.25, 0.3) is 0 Å². The van der Waals surface area contributed by atoms with Gasteiger partial charge >= 0.3 is 0 Å². The van der Waals surface area contributed by atoms with Crippen molar-refractivity contribution < 1.29 is 4.74 Å². The second kappa shape index (κ2) is 6.80. The summed E-state index contributed by atoms with van der Waals surface area (Å²) in [7, 11) is 9.15. The van der Waals surface area contributed by atoms with Gasteiger partial charge in [-0.25, -0.2) is 0 Å². The molecule has 2 rings (SSSR count). The maximum atomic E-state index is 5.90. The number of hydrogen-bond acceptors (Lipinski definition) is 6. The van der Waals surface area contributed by atoms with Crippen LogP contribution in [0, 0.1) is 0 Å². The van der Waals surface area contributed by atoms with Crippen molar-refractivity contribution in [2.75, 3.05) is 0 Å². The van der Waals surface area contributed by atoms with Crippen molar-refractivity contribution in [3.8, 4) is 5.75 Å². The Bertz CT molecular complexity index is 394. The lowest BCUT2D eigenvalue weighted by Crippen LogP contribution is -2.06. The molecule has 6 heteroatoms. The van der Waals surface area contributed by atoms with Crippen LogP contribution in [-0.4, -0.2) is 6.10 Å². The van der Waals surface area contributed by atoms with E-state index in [2.05, 4.69) is 32.9 Å². The molecule has 1 heterocycles. The van der Waals surface area contributed by atoms with E-state index in [1.165, 1.54) is 15.4 Å². The van der Waals surface area contributed by atoms with Gasteiger partial charge in [-0.1, -0.05) is 13.0 Å². The molecule has 0 saturated heterocycles. The summed E-state index contributed by atoms with van der Waals surface area (Å²) in [5.41, 5.74) is 1.42. The van der Waals surface area contributed by atoms with Crippen LogP contribution >= 0.6 is 51.1 Å². The van der Waals surface area contributed by atoms with Crippen molar-refractivity contribution in [1.29, 1.82) is 0 Å². The van der Waals surface area contributed by atoms with E-state index in [4.69, 9.17) is 4.74 Å². The van der Waals surface area contributed by atoms with E-state index < -0.39 is 0 Å². The topological polar surface area (TPSA) is 9.23 Å². The molecule has 1 nitrogen and oxygen atoms in total. The molecule has 0 spiro atoms. The number of rotatable bonds is 3. The van der Waals surface area contributed by atoms with Gasteiger partial charge in [-0.15, -0.1) is 0 Å². The Morgan fingerprint density at radius 2 is 1.76 bits per heavy atom. The Hall–Kier alpha value is 0.770. The third-order valence-electron chi connectivity index (χ3n) is 2.19. The summed E-state index contributed by atoms with van der Waals surface area (Å²) in [6.07, 6.45) is 1.30. The molecule has 0 fully saturated rings. The van der Waals surface area contributed by atoms with Crippen LogP contribution in [0.1, 0.15) is 26.3 Å². The molecule has 0 N–H and O–H groups in total. The van der Waals surface area contributed by atoms with Crippen LogP contribution in [0.5, 0.6) is 5.75 Å². The van der Waals surface area contributed by atoms with Gasteiger partial charge < -0.3 is 4.74 Å². The van der Waals surface area contributed by atoms with Crippen molar-refractivity contribution in [2.24, 2.45) is 0 Å². The molecule has 0 amide bonds. The van der Waals surface area contributed by atoms with E-state index in [-0.39, 0.29) is 6.10 Å². The molecule has 0 saturated carbocycles. The van der Waals surface area contributed by atoms with Crippen LogP contribution in [-0.2, 0) is 6.42 Å². The molecule has 17 heavy (non-hydrogen) atoms. The summed E-state index contributed by atoms with van der Waals surface area (Å²) in [4.78, 5) is 2.68. The van der Waals surface area contributed by atoms with Crippen LogP contribution < -0.4 is 4.74 Å². The molecule has 94 valence electrons. The first kappa shape index (κ1) is 14.2. The largest absolute Gasteiger partial charge is 0.490 e. The molecule has 1 aliphatic rings. The third-order valence-corrected chi connectivity index (χ3v) is 10.7. The maximum absolute atomic E-state index is 5.90. The fourth-order valence-corrected chi connectivity index (χ4v) is 10.8. The lowest BCUT2D eigenvalue weighted by atomic mass is 10.1. The van der Waals surface area contributed by atoms with Crippen LogP contribution in [0.25, 0.3) is 0 Å². The molecule has 0 atom stereocenters. The van der Waals surface area contributed by atoms with Gasteiger partial charge in [0.15, 0.2) is 0 Å². The molecular weight excluding hydrogens is 308 g/mol. The lowest BCUT2D eigenvalue weighted by molar-refractivity contribution is 0.235. The van der Waals surface area contributed by atoms with Crippen molar-refractivity contribution in [2.45, 2.75) is 43.1 Å². The van der Waals surface area contributed by atoms with Crippen molar-refractivity contribution >= 4 is 51.1 Å². The summed E-state index contributed by atoms with van der Waals surface area (Å²) in [6.45, 7) is 6.36. The van der Waals surface area contributed by atoms with Gasteiger partial charge in [-0.05, 0) is 83.0 Å². The highest BCUT2D eigenvalue weighted by atomic mass is 33.8. The Balaban J connectivity index is 2.41. The molecular formula is C11H14OS5. The van der Waals surface area contributed by atoms with Crippen LogP contribution in [0.15, 0.2) is 21.9 Å². The van der Waals surface area contributed by atoms with Gasteiger partial charge in [-0.2, -0.15) is 0 Å². The first-order valence-electron chi connectivity index (χ1n) is 5.39. The molecule has 1 aromatic carbocycles. The zero-order valence-electron chi connectivity index (χ0n) is 9.89. The quantitative estimate of drug-likeness (QED) is 0.618. The highest BCUT2D eigenvalue weighted by Gasteiger charge is 2.19. The van der Waals surface area contributed by atoms with Crippen LogP contribution in [0.2, 0.25) is 0 Å². The number of hydrogen-bond donors (Lipinski definition) is 0. The van der Waals surface area contributed by atoms with E-state index >= 15 is 0 Å². The van der Waals surface area contributed by atoms with Crippen LogP contribution in [0.4, 0.5) is 0 Å². The van der Waals surface area contributed by atoms with Gasteiger partial charge in [0.2, 0.25) is 0 Å². The van der Waals surface area contributed by atoms with E-state index in [9.17, 15) is 0 Å². The standard InChI is InChI=1S/C11H14OS5/c1-4-8-5-6-9(12-7(2)3)11-10(8)13-15-17-16-14-11/h5-7H,4H2,1-3H3. The van der Waals surface area contributed by atoms with Crippen molar-refractivity contribution in [1.82, 2.24) is 0 Å². The van der Waals surface area contributed by atoms with Crippen molar-refractivity contribution in [3.05, 3.63) is 17.7 Å². The number of benzene rings is 1. The summed E-state index contributed by atoms with van der Waals surface area (Å²) in [5, 5.41) is 0. The number of aryl methyl sites for hydroxylation is 1. The van der Waals surface area contributed by atoms with E-state index in [1.54, 1.807) is 0 Å². The Morgan fingerprint density at radius 1 is 1.06 bits per heavy atom. The van der Waals surface area contributed by atoms with Crippen molar-refractivity contribution in [3.63, 3.8) is 0 Å². The van der Waals surface area contributed by atoms with Gasteiger partial charge in [0.05, 0.1) is 11.0 Å². The average molecular weight is 323 g/mol. The molecule has 0 unspecified atom stereocenters. The zero-order chi connectivity index (χ0) is 12.3. The second-order valence-corrected chi connectivity index (χ2v) is 11.2. The summed E-state index contributed by atoms with van der Waals surface area (Å²) in [5.74, 6) is 1.03. The minimum absolute atomic E-state index is 0.228. The number of ether oxygens (including phenoxy) is 1. The van der Waals surface area contributed by atoms with Gasteiger partial charge in [-0.3, -0.25) is 0 Å². The first-order chi connectivity index (χ1) is 8.22. The number of fused-ring (bicyclic) bond motifs is 1. The monoisotopic (exact) mass is 322 g/mol. The molecule has 0 aliphatic carbocycles. The Labute approximate surface area is 122 Å². The third kappa shape index (κ3) is 3.62. The smallest absolute Gasteiger partial charge is 0.135 e. The fraction of sp³-hybridized carbons (Fsp3) is 0.455. The zero-order valence-corrected chi connectivity index (χ0v) is 14.0. The highest BCUT2D eigenvalue weighted by molar-refractivity contribution is 9.36. The first-order valence-corrected chi connectivity index (χ1v) is 11.5. The van der Waals surface area contributed by atoms with Gasteiger partial charge in [0.1, 0.15) is 5.75 Å². The average Bonchev–Trinajstić information content (AvgIpc) is 2.54. The lowest BCUT2D eigenvalue weighted by Gasteiger charge is -2.16. The summed E-state index contributed by atoms with van der Waals surface area (Å²) < 4.78 is 5.90. The fourth-order valence-electron chi connectivity index (χ4n) is 1.49. The molecule has 0 bridgehead atoms. The second-order valence-electron chi connectivity index (χ2n) is 3.77. The summed E-state index contributed by atoms with van der Waals surface area (Å²) >= 11 is 0. The normalized spacial score (nSPS) is 15.5. The predicted molar refractivity (Wildman–Crippen MR) is 86.1 cm³/mol. The SMILES string of the molecule is CCc1ccc(OC(C)C)c2c1SSSSS2. The molecule has 0 radical (unpaired) electrons. The molecule has 1 aromatic rings. The minimum atomic E-state index is 0.228. The van der Waals surface area contributed by atoms with E-state index in [0.717, 1.165) is 12.2 Å². The van der Waals surface area contributed by atoms with E-state index in [1.807, 2.05) is 51.1 Å². The highest BCUT2D eigenvalue weighted by Crippen LogP contribution is 2.61. The predicted octanol–water partition coefficient (Wildman–Crippen LogP) is 6.09. The summed E-state index contributed by atoms with van der Waals surface area (Å²) in [6, 6.07) is 4.32. The van der Waals surface area contributed by atoms with Gasteiger partial charge in [0, 0.05) is 4.90 Å². The van der Waals surface area contributed by atoms with E-state index in [0.29, 0.717) is 0 Å². The minimum Gasteiger partial charge on any atom is -0.490 e. The maximum Gasteiger partial charge on any atom is 0.135 e. The Kier molecular flexibility index (Phi) is 5.67. The Morgan fingerprint density at radius 3 is 2.41 bits per heavy atom. The van der Waals surface area contributed by atoms with Crippen LogP contribution in [0.3, 0.4) is 0 Å².